The minimum atomic E-state index is -0.251. The van der Waals surface area contributed by atoms with E-state index >= 15 is 0 Å². The van der Waals surface area contributed by atoms with Gasteiger partial charge in [-0.1, -0.05) is 13.8 Å². The molecule has 0 radical (unpaired) electrons. The molecule has 1 saturated heterocycles. The Labute approximate surface area is 89.5 Å². The highest BCUT2D eigenvalue weighted by atomic mass is 16.3. The molecule has 0 unspecified atom stereocenters. The van der Waals surface area contributed by atoms with Crippen molar-refractivity contribution in [2.24, 2.45) is 5.92 Å². The van der Waals surface area contributed by atoms with E-state index in [0.717, 1.165) is 18.8 Å². The normalized spacial score (nSPS) is 26.4. The van der Waals surface area contributed by atoms with E-state index in [-0.39, 0.29) is 12.1 Å². The van der Waals surface area contributed by atoms with E-state index < -0.39 is 0 Å². The summed E-state index contributed by atoms with van der Waals surface area (Å²) in [4.78, 5) is 0. The number of β-amino-alcohol motifs (C(OH)–C–C–N with tert-alkyl or cyclic N) is 1. The smallest absolute Gasteiger partial charge is 0.150 e. The van der Waals surface area contributed by atoms with Crippen molar-refractivity contribution in [2.45, 2.75) is 39.0 Å². The molecule has 0 bridgehead atoms. The first-order valence-electron chi connectivity index (χ1n) is 5.46. The molecule has 1 aromatic heterocycles. The first kappa shape index (κ1) is 10.6. The van der Waals surface area contributed by atoms with Crippen LogP contribution in [0.1, 0.15) is 32.1 Å². The minimum absolute atomic E-state index is 0.154. The largest absolute Gasteiger partial charge is 0.392 e. The second kappa shape index (κ2) is 4.28. The van der Waals surface area contributed by atoms with E-state index in [1.807, 2.05) is 0 Å². The molecule has 2 rings (SSSR count). The average Bonchev–Trinajstić information content (AvgIpc) is 2.72. The van der Waals surface area contributed by atoms with Crippen LogP contribution in [0, 0.1) is 5.92 Å². The number of aliphatic hydroxyl groups excluding tert-OH is 1. The predicted octanol–water partition coefficient (Wildman–Crippen LogP) is 0.329. The summed E-state index contributed by atoms with van der Waals surface area (Å²) in [6, 6.07) is 0.154. The van der Waals surface area contributed by atoms with E-state index in [4.69, 9.17) is 0 Å². The van der Waals surface area contributed by atoms with Crippen LogP contribution in [-0.2, 0) is 6.54 Å². The molecule has 0 aliphatic carbocycles. The molecular formula is C10H18N4O. The number of hydrogen-bond acceptors (Lipinski definition) is 4. The fourth-order valence-corrected chi connectivity index (χ4v) is 1.98. The van der Waals surface area contributed by atoms with Crippen molar-refractivity contribution in [3.05, 3.63) is 12.2 Å². The highest BCUT2D eigenvalue weighted by Crippen LogP contribution is 2.21. The topological polar surface area (TPSA) is 63.0 Å². The molecule has 1 aliphatic heterocycles. The highest BCUT2D eigenvalue weighted by Gasteiger charge is 2.27. The van der Waals surface area contributed by atoms with Crippen LogP contribution in [0.15, 0.2) is 6.33 Å². The van der Waals surface area contributed by atoms with Crippen molar-refractivity contribution >= 4 is 0 Å². The van der Waals surface area contributed by atoms with Crippen LogP contribution in [0.3, 0.4) is 0 Å². The maximum absolute atomic E-state index is 9.45. The van der Waals surface area contributed by atoms with Crippen molar-refractivity contribution in [1.82, 2.24) is 20.1 Å². The molecule has 84 valence electrons. The molecule has 0 saturated carbocycles. The Bertz CT molecular complexity index is 323. The predicted molar refractivity (Wildman–Crippen MR) is 56.2 cm³/mol. The second-order valence-corrected chi connectivity index (χ2v) is 4.59. The zero-order valence-electron chi connectivity index (χ0n) is 9.22. The summed E-state index contributed by atoms with van der Waals surface area (Å²) in [5, 5.41) is 20.8. The average molecular weight is 210 g/mol. The van der Waals surface area contributed by atoms with Crippen LogP contribution in [0.25, 0.3) is 0 Å². The molecule has 15 heavy (non-hydrogen) atoms. The molecule has 0 aromatic carbocycles. The van der Waals surface area contributed by atoms with Gasteiger partial charge in [-0.15, -0.1) is 10.2 Å². The Hall–Kier alpha value is -0.940. The Morgan fingerprint density at radius 1 is 1.67 bits per heavy atom. The van der Waals surface area contributed by atoms with E-state index in [1.165, 1.54) is 0 Å². The van der Waals surface area contributed by atoms with Gasteiger partial charge in [0.1, 0.15) is 12.2 Å². The van der Waals surface area contributed by atoms with E-state index in [2.05, 4.69) is 33.9 Å². The van der Waals surface area contributed by atoms with Crippen LogP contribution in [0.5, 0.6) is 0 Å². The van der Waals surface area contributed by atoms with Gasteiger partial charge in [0, 0.05) is 13.1 Å². The van der Waals surface area contributed by atoms with Crippen molar-refractivity contribution in [3.63, 3.8) is 0 Å². The molecule has 2 atom stereocenters. The van der Waals surface area contributed by atoms with E-state index in [1.54, 1.807) is 6.33 Å². The summed E-state index contributed by atoms with van der Waals surface area (Å²) in [5.74, 6) is 1.52. The lowest BCUT2D eigenvalue weighted by Crippen LogP contribution is -2.19. The van der Waals surface area contributed by atoms with Crippen LogP contribution in [0.4, 0.5) is 0 Å². The number of rotatable bonds is 3. The Balaban J connectivity index is 2.10. The molecule has 2 heterocycles. The highest BCUT2D eigenvalue weighted by molar-refractivity contribution is 4.99. The zero-order valence-corrected chi connectivity index (χ0v) is 9.22. The Kier molecular flexibility index (Phi) is 3.02. The molecule has 5 heteroatoms. The van der Waals surface area contributed by atoms with Crippen LogP contribution in [0.2, 0.25) is 0 Å². The van der Waals surface area contributed by atoms with Gasteiger partial charge in [0.05, 0.1) is 12.1 Å². The summed E-state index contributed by atoms with van der Waals surface area (Å²) in [6.07, 6.45) is 2.25. The monoisotopic (exact) mass is 210 g/mol. The van der Waals surface area contributed by atoms with Crippen LogP contribution < -0.4 is 5.32 Å². The first-order chi connectivity index (χ1) is 7.16. The minimum Gasteiger partial charge on any atom is -0.392 e. The lowest BCUT2D eigenvalue weighted by atomic mass is 10.2. The van der Waals surface area contributed by atoms with Crippen LogP contribution in [-0.4, -0.2) is 32.5 Å². The lowest BCUT2D eigenvalue weighted by molar-refractivity contribution is 0.192. The standard InChI is InChI=1S/C10H18N4O/c1-7(2)5-14-6-12-13-10(14)9-3-8(15)4-11-9/h6-9,11,15H,3-5H2,1-2H3/t8-,9-/m0/s1. The fraction of sp³-hybridized carbons (Fsp3) is 0.800. The first-order valence-corrected chi connectivity index (χ1v) is 5.46. The maximum atomic E-state index is 9.45. The second-order valence-electron chi connectivity index (χ2n) is 4.59. The van der Waals surface area contributed by atoms with Crippen molar-refractivity contribution in [1.29, 1.82) is 0 Å². The number of nitrogens with one attached hydrogen (secondary N) is 1. The third-order valence-corrected chi connectivity index (χ3v) is 2.63. The van der Waals surface area contributed by atoms with E-state index in [0.29, 0.717) is 12.5 Å². The summed E-state index contributed by atoms with van der Waals surface area (Å²) in [7, 11) is 0. The molecule has 1 fully saturated rings. The molecule has 1 aliphatic rings. The van der Waals surface area contributed by atoms with Gasteiger partial charge in [-0.3, -0.25) is 0 Å². The third kappa shape index (κ3) is 2.35. The zero-order chi connectivity index (χ0) is 10.8. The van der Waals surface area contributed by atoms with E-state index in [9.17, 15) is 5.11 Å². The van der Waals surface area contributed by atoms with Gasteiger partial charge in [-0.2, -0.15) is 0 Å². The van der Waals surface area contributed by atoms with Gasteiger partial charge in [-0.05, 0) is 12.3 Å². The van der Waals surface area contributed by atoms with Gasteiger partial charge >= 0.3 is 0 Å². The third-order valence-electron chi connectivity index (χ3n) is 2.63. The fourth-order valence-electron chi connectivity index (χ4n) is 1.98. The van der Waals surface area contributed by atoms with Gasteiger partial charge in [-0.25, -0.2) is 0 Å². The molecule has 0 amide bonds. The Morgan fingerprint density at radius 3 is 3.07 bits per heavy atom. The summed E-state index contributed by atoms with van der Waals surface area (Å²) >= 11 is 0. The van der Waals surface area contributed by atoms with Gasteiger partial charge in [0.2, 0.25) is 0 Å². The number of aliphatic hydroxyl groups is 1. The summed E-state index contributed by atoms with van der Waals surface area (Å²) < 4.78 is 2.07. The molecular weight excluding hydrogens is 192 g/mol. The van der Waals surface area contributed by atoms with Gasteiger partial charge in [0.15, 0.2) is 0 Å². The number of nitrogens with zero attached hydrogens (tertiary/aromatic N) is 3. The quantitative estimate of drug-likeness (QED) is 0.754. The van der Waals surface area contributed by atoms with Gasteiger partial charge < -0.3 is 15.0 Å². The van der Waals surface area contributed by atoms with Crippen LogP contribution >= 0.6 is 0 Å². The number of hydrogen-bond donors (Lipinski definition) is 2. The summed E-state index contributed by atoms with van der Waals surface area (Å²) in [6.45, 7) is 5.91. The van der Waals surface area contributed by atoms with Crippen molar-refractivity contribution < 1.29 is 5.11 Å². The molecule has 5 nitrogen and oxygen atoms in total. The van der Waals surface area contributed by atoms with Gasteiger partial charge in [0.25, 0.3) is 0 Å². The summed E-state index contributed by atoms with van der Waals surface area (Å²) in [5.41, 5.74) is 0. The SMILES string of the molecule is CC(C)Cn1cnnc1[C@@H]1C[C@H](O)CN1. The van der Waals surface area contributed by atoms with Crippen molar-refractivity contribution in [2.75, 3.05) is 6.54 Å². The Morgan fingerprint density at radius 2 is 2.47 bits per heavy atom. The molecule has 2 N–H and O–H groups in total. The molecule has 1 aromatic rings. The lowest BCUT2D eigenvalue weighted by Gasteiger charge is -2.13. The molecule has 0 spiro atoms. The van der Waals surface area contributed by atoms with Crippen molar-refractivity contribution in [3.8, 4) is 0 Å². The maximum Gasteiger partial charge on any atom is 0.150 e. The number of aromatic nitrogens is 3.